The molecule has 0 aromatic heterocycles. The summed E-state index contributed by atoms with van der Waals surface area (Å²) < 4.78 is 11.1. The first-order valence-electron chi connectivity index (χ1n) is 7.66. The Hall–Kier alpha value is -2.69. The van der Waals surface area contributed by atoms with E-state index >= 15 is 0 Å². The zero-order valence-corrected chi connectivity index (χ0v) is 13.7. The fourth-order valence-electron chi connectivity index (χ4n) is 2.15. The molecule has 0 aliphatic carbocycles. The van der Waals surface area contributed by atoms with Crippen molar-refractivity contribution < 1.29 is 14.3 Å². The Morgan fingerprint density at radius 2 is 1.57 bits per heavy atom. The van der Waals surface area contributed by atoms with Gasteiger partial charge in [0.15, 0.2) is 11.5 Å². The van der Waals surface area contributed by atoms with Crippen LogP contribution in [0.25, 0.3) is 0 Å². The van der Waals surface area contributed by atoms with Gasteiger partial charge in [-0.3, -0.25) is 0 Å². The molecule has 0 saturated carbocycles. The standard InChI is InChI=1S/C18H22N2O3/c1-4-22-16-10-9-15(12-17(16)23-5-2)20-18(21)19-14-8-6-7-13(3)11-14/h6-12H,4-5H2,1-3H3,(H2,19,20,21). The number of hydrogen-bond acceptors (Lipinski definition) is 3. The van der Waals surface area contributed by atoms with Crippen molar-refractivity contribution in [3.8, 4) is 11.5 Å². The monoisotopic (exact) mass is 314 g/mol. The van der Waals surface area contributed by atoms with E-state index in [2.05, 4.69) is 10.6 Å². The van der Waals surface area contributed by atoms with Gasteiger partial charge in [-0.15, -0.1) is 0 Å². The molecule has 2 N–H and O–H groups in total. The molecule has 0 atom stereocenters. The van der Waals surface area contributed by atoms with Crippen molar-refractivity contribution in [2.24, 2.45) is 0 Å². The molecule has 0 aliphatic rings. The summed E-state index contributed by atoms with van der Waals surface area (Å²) in [6.07, 6.45) is 0. The van der Waals surface area contributed by atoms with E-state index in [0.29, 0.717) is 30.4 Å². The minimum atomic E-state index is -0.304. The first-order chi connectivity index (χ1) is 11.1. The molecule has 0 saturated heterocycles. The third kappa shape index (κ3) is 4.92. The lowest BCUT2D eigenvalue weighted by Gasteiger charge is -2.13. The fraction of sp³-hybridized carbons (Fsp3) is 0.278. The van der Waals surface area contributed by atoms with E-state index < -0.39 is 0 Å². The van der Waals surface area contributed by atoms with Crippen molar-refractivity contribution in [2.45, 2.75) is 20.8 Å². The van der Waals surface area contributed by atoms with E-state index in [4.69, 9.17) is 9.47 Å². The second kappa shape index (κ2) is 8.08. The molecule has 0 spiro atoms. The first kappa shape index (κ1) is 16.7. The van der Waals surface area contributed by atoms with Gasteiger partial charge in [-0.1, -0.05) is 12.1 Å². The maximum absolute atomic E-state index is 12.1. The molecule has 5 heteroatoms. The highest BCUT2D eigenvalue weighted by molar-refractivity contribution is 5.99. The van der Waals surface area contributed by atoms with Crippen molar-refractivity contribution in [2.75, 3.05) is 23.8 Å². The quantitative estimate of drug-likeness (QED) is 0.829. The van der Waals surface area contributed by atoms with Crippen molar-refractivity contribution in [1.82, 2.24) is 0 Å². The number of nitrogens with one attached hydrogen (secondary N) is 2. The Morgan fingerprint density at radius 1 is 0.913 bits per heavy atom. The van der Waals surface area contributed by atoms with Gasteiger partial charge in [-0.2, -0.15) is 0 Å². The summed E-state index contributed by atoms with van der Waals surface area (Å²) in [6.45, 7) is 6.88. The summed E-state index contributed by atoms with van der Waals surface area (Å²) in [4.78, 5) is 12.1. The van der Waals surface area contributed by atoms with Crippen molar-refractivity contribution in [3.63, 3.8) is 0 Å². The predicted molar refractivity (Wildman–Crippen MR) is 92.6 cm³/mol. The highest BCUT2D eigenvalue weighted by Crippen LogP contribution is 2.30. The number of rotatable bonds is 6. The maximum Gasteiger partial charge on any atom is 0.323 e. The van der Waals surface area contributed by atoms with Crippen LogP contribution < -0.4 is 20.1 Å². The minimum Gasteiger partial charge on any atom is -0.490 e. The number of amides is 2. The van der Waals surface area contributed by atoms with Crippen LogP contribution in [0.1, 0.15) is 19.4 Å². The van der Waals surface area contributed by atoms with Crippen LogP contribution in [0.4, 0.5) is 16.2 Å². The van der Waals surface area contributed by atoms with Gasteiger partial charge in [-0.05, 0) is 50.6 Å². The maximum atomic E-state index is 12.1. The topological polar surface area (TPSA) is 59.6 Å². The Morgan fingerprint density at radius 3 is 2.22 bits per heavy atom. The van der Waals surface area contributed by atoms with Gasteiger partial charge in [0.1, 0.15) is 0 Å². The molecule has 0 bridgehead atoms. The SMILES string of the molecule is CCOc1ccc(NC(=O)Nc2cccc(C)c2)cc1OCC. The number of anilines is 2. The number of ether oxygens (including phenoxy) is 2. The van der Waals surface area contributed by atoms with Gasteiger partial charge < -0.3 is 20.1 Å². The van der Waals surface area contributed by atoms with E-state index in [1.165, 1.54) is 0 Å². The van der Waals surface area contributed by atoms with E-state index in [0.717, 1.165) is 11.3 Å². The second-order valence-corrected chi connectivity index (χ2v) is 4.98. The Bertz CT molecular complexity index is 671. The van der Waals surface area contributed by atoms with Gasteiger partial charge in [-0.25, -0.2) is 4.79 Å². The number of benzene rings is 2. The molecule has 0 aliphatic heterocycles. The van der Waals surface area contributed by atoms with Crippen molar-refractivity contribution >= 4 is 17.4 Å². The largest absolute Gasteiger partial charge is 0.490 e. The second-order valence-electron chi connectivity index (χ2n) is 4.98. The van der Waals surface area contributed by atoms with Gasteiger partial charge in [0.25, 0.3) is 0 Å². The van der Waals surface area contributed by atoms with Gasteiger partial charge >= 0.3 is 6.03 Å². The average Bonchev–Trinajstić information content (AvgIpc) is 2.50. The Kier molecular flexibility index (Phi) is 5.86. The number of aryl methyl sites for hydroxylation is 1. The molecular formula is C18H22N2O3. The van der Waals surface area contributed by atoms with Crippen LogP contribution in [0.15, 0.2) is 42.5 Å². The van der Waals surface area contributed by atoms with Crippen LogP contribution >= 0.6 is 0 Å². The lowest BCUT2D eigenvalue weighted by Crippen LogP contribution is -2.19. The van der Waals surface area contributed by atoms with E-state index in [9.17, 15) is 4.79 Å². The first-order valence-corrected chi connectivity index (χ1v) is 7.66. The van der Waals surface area contributed by atoms with Crippen LogP contribution in [0.3, 0.4) is 0 Å². The van der Waals surface area contributed by atoms with Crippen molar-refractivity contribution in [1.29, 1.82) is 0 Å². The molecule has 5 nitrogen and oxygen atoms in total. The number of urea groups is 1. The van der Waals surface area contributed by atoms with E-state index in [1.54, 1.807) is 18.2 Å². The molecule has 0 unspecified atom stereocenters. The third-order valence-corrected chi connectivity index (χ3v) is 3.08. The van der Waals surface area contributed by atoms with Gasteiger partial charge in [0.05, 0.1) is 13.2 Å². The minimum absolute atomic E-state index is 0.304. The predicted octanol–water partition coefficient (Wildman–Crippen LogP) is 4.44. The summed E-state index contributed by atoms with van der Waals surface area (Å²) in [5.74, 6) is 1.28. The molecule has 0 radical (unpaired) electrons. The summed E-state index contributed by atoms with van der Waals surface area (Å²) in [7, 11) is 0. The van der Waals surface area contributed by atoms with Gasteiger partial charge in [0, 0.05) is 17.4 Å². The zero-order chi connectivity index (χ0) is 16.7. The lowest BCUT2D eigenvalue weighted by atomic mass is 10.2. The summed E-state index contributed by atoms with van der Waals surface area (Å²) in [6, 6.07) is 12.6. The molecule has 122 valence electrons. The highest BCUT2D eigenvalue weighted by Gasteiger charge is 2.08. The molecule has 23 heavy (non-hydrogen) atoms. The lowest BCUT2D eigenvalue weighted by molar-refractivity contribution is 0.262. The van der Waals surface area contributed by atoms with Crippen LogP contribution in [-0.4, -0.2) is 19.2 Å². The van der Waals surface area contributed by atoms with Crippen molar-refractivity contribution in [3.05, 3.63) is 48.0 Å². The molecule has 0 heterocycles. The van der Waals surface area contributed by atoms with Crippen LogP contribution in [0.5, 0.6) is 11.5 Å². The molecule has 2 amide bonds. The summed E-state index contributed by atoms with van der Waals surface area (Å²) in [5.41, 5.74) is 2.48. The van der Waals surface area contributed by atoms with Crippen LogP contribution in [-0.2, 0) is 0 Å². The molecule has 2 rings (SSSR count). The summed E-state index contributed by atoms with van der Waals surface area (Å²) in [5, 5.41) is 5.59. The smallest absolute Gasteiger partial charge is 0.323 e. The molecule has 2 aromatic carbocycles. The number of carbonyl (C=O) groups excluding carboxylic acids is 1. The van der Waals surface area contributed by atoms with Crippen LogP contribution in [0.2, 0.25) is 0 Å². The van der Waals surface area contributed by atoms with Crippen LogP contribution in [0, 0.1) is 6.92 Å². The average molecular weight is 314 g/mol. The Balaban J connectivity index is 2.06. The van der Waals surface area contributed by atoms with Gasteiger partial charge in [0.2, 0.25) is 0 Å². The normalized spacial score (nSPS) is 10.0. The fourth-order valence-corrected chi connectivity index (χ4v) is 2.15. The summed E-state index contributed by atoms with van der Waals surface area (Å²) >= 11 is 0. The zero-order valence-electron chi connectivity index (χ0n) is 13.7. The van der Waals surface area contributed by atoms with E-state index in [-0.39, 0.29) is 6.03 Å². The number of hydrogen-bond donors (Lipinski definition) is 2. The molecule has 0 fully saturated rings. The molecule has 2 aromatic rings. The Labute approximate surface area is 136 Å². The number of carbonyl (C=O) groups is 1. The molecular weight excluding hydrogens is 292 g/mol. The highest BCUT2D eigenvalue weighted by atomic mass is 16.5. The third-order valence-electron chi connectivity index (χ3n) is 3.08. The van der Waals surface area contributed by atoms with E-state index in [1.807, 2.05) is 45.0 Å².